The molecule has 4 aromatic carbocycles. The van der Waals surface area contributed by atoms with Gasteiger partial charge >= 0.3 is 24.2 Å². The van der Waals surface area contributed by atoms with Gasteiger partial charge in [0, 0.05) is 0 Å². The van der Waals surface area contributed by atoms with Gasteiger partial charge in [-0.2, -0.15) is 0 Å². The second-order valence-corrected chi connectivity index (χ2v) is 9.81. The molecule has 0 saturated heterocycles. The molecule has 0 aliphatic carbocycles. The maximum absolute atomic E-state index is 12.1. The largest absolute Gasteiger partial charge is 0.543 e. The van der Waals surface area contributed by atoms with E-state index in [1.165, 1.54) is 0 Å². The van der Waals surface area contributed by atoms with Gasteiger partial charge in [0.1, 0.15) is 0 Å². The molecule has 4 aromatic rings. The van der Waals surface area contributed by atoms with Gasteiger partial charge in [-0.25, -0.2) is 29.0 Å². The second-order valence-electron chi connectivity index (χ2n) is 9.81. The molecule has 0 aromatic heterocycles. The molecule has 0 unspecified atom stereocenters. The van der Waals surface area contributed by atoms with Crippen LogP contribution in [-0.4, -0.2) is 37.5 Å². The van der Waals surface area contributed by atoms with Gasteiger partial charge < -0.3 is 9.47 Å². The summed E-state index contributed by atoms with van der Waals surface area (Å²) in [6.45, 7) is 1.73. The molecule has 12 heteroatoms. The Labute approximate surface area is 264 Å². The van der Waals surface area contributed by atoms with Crippen molar-refractivity contribution >= 4 is 24.2 Å². The maximum Gasteiger partial charge on any atom is 0.543 e. The average molecular weight is 631 g/mol. The summed E-state index contributed by atoms with van der Waals surface area (Å²) in [5, 5.41) is 8.46. The average Bonchev–Trinajstić information content (AvgIpc) is 3.09. The standard InChI is InChI=1S/C34H30O12/c1-24(20-22-39-33(37)43-45-41-31(35)29-16-12-27(13-17-29)25-8-4-2-5-9-25)21-23-40-34(38)44-46-42-32(36)30-18-14-28(15-19-30)26-10-6-3-7-11-26/h2-19,24H,20-23H2,1H3. The number of hydrogen-bond donors (Lipinski definition) is 0. The lowest BCUT2D eigenvalue weighted by Crippen LogP contribution is -2.15. The van der Waals surface area contributed by atoms with E-state index in [4.69, 9.17) is 9.47 Å². The third-order valence-electron chi connectivity index (χ3n) is 6.54. The van der Waals surface area contributed by atoms with Gasteiger partial charge in [-0.1, -0.05) is 91.9 Å². The molecule has 0 saturated carbocycles. The first-order chi connectivity index (χ1) is 22.4. The lowest BCUT2D eigenvalue weighted by molar-refractivity contribution is -0.452. The first-order valence-electron chi connectivity index (χ1n) is 14.1. The van der Waals surface area contributed by atoms with Gasteiger partial charge in [-0.15, -0.1) is 0 Å². The Bertz CT molecular complexity index is 1440. The minimum absolute atomic E-state index is 0.0455. The van der Waals surface area contributed by atoms with Gasteiger partial charge in [0.15, 0.2) is 0 Å². The van der Waals surface area contributed by atoms with E-state index in [0.29, 0.717) is 12.8 Å². The van der Waals surface area contributed by atoms with E-state index in [1.807, 2.05) is 67.6 Å². The van der Waals surface area contributed by atoms with E-state index in [0.717, 1.165) is 22.3 Å². The van der Waals surface area contributed by atoms with Gasteiger partial charge in [0.25, 0.3) is 0 Å². The van der Waals surface area contributed by atoms with E-state index in [9.17, 15) is 19.2 Å². The van der Waals surface area contributed by atoms with Crippen LogP contribution in [0.2, 0.25) is 0 Å². The Morgan fingerprint density at radius 3 is 1.20 bits per heavy atom. The van der Waals surface area contributed by atoms with Gasteiger partial charge in [-0.05, 0) is 65.3 Å². The summed E-state index contributed by atoms with van der Waals surface area (Å²) >= 11 is 0. The Kier molecular flexibility index (Phi) is 12.7. The lowest BCUT2D eigenvalue weighted by atomic mass is 10.0. The fourth-order valence-corrected chi connectivity index (χ4v) is 3.99. The zero-order valence-corrected chi connectivity index (χ0v) is 24.7. The fourth-order valence-electron chi connectivity index (χ4n) is 3.99. The van der Waals surface area contributed by atoms with Crippen molar-refractivity contribution in [1.29, 1.82) is 0 Å². The molecule has 0 N–H and O–H groups in total. The first-order valence-corrected chi connectivity index (χ1v) is 14.1. The molecule has 0 spiro atoms. The minimum Gasteiger partial charge on any atom is -0.432 e. The topological polar surface area (TPSA) is 142 Å². The maximum atomic E-state index is 12.1. The second kappa shape index (κ2) is 17.5. The SMILES string of the molecule is CC(CCOC(=O)OOOC(=O)c1ccc(-c2ccccc2)cc1)CCOC(=O)OOOC(=O)c1ccc(-c2ccccc2)cc1. The molecule has 0 radical (unpaired) electrons. The molecule has 0 bridgehead atoms. The van der Waals surface area contributed by atoms with Crippen LogP contribution < -0.4 is 0 Å². The number of carbonyl (C=O) groups is 4. The van der Waals surface area contributed by atoms with E-state index in [-0.39, 0.29) is 30.3 Å². The lowest BCUT2D eigenvalue weighted by Gasteiger charge is -2.11. The fraction of sp³-hybridized carbons (Fsp3) is 0.176. The van der Waals surface area contributed by atoms with Crippen molar-refractivity contribution in [3.8, 4) is 22.3 Å². The number of ether oxygens (including phenoxy) is 2. The van der Waals surface area contributed by atoms with Crippen molar-refractivity contribution in [2.45, 2.75) is 19.8 Å². The summed E-state index contributed by atoms with van der Waals surface area (Å²) in [7, 11) is 0. The van der Waals surface area contributed by atoms with E-state index in [2.05, 4.69) is 29.6 Å². The van der Waals surface area contributed by atoms with Crippen LogP contribution in [0.1, 0.15) is 40.5 Å². The van der Waals surface area contributed by atoms with Crippen LogP contribution in [0.15, 0.2) is 109 Å². The molecular formula is C34H30O12. The Morgan fingerprint density at radius 2 is 0.826 bits per heavy atom. The van der Waals surface area contributed by atoms with Crippen LogP contribution in [0.25, 0.3) is 22.3 Å². The van der Waals surface area contributed by atoms with Crippen molar-refractivity contribution in [1.82, 2.24) is 0 Å². The molecule has 12 nitrogen and oxygen atoms in total. The molecule has 0 fully saturated rings. The van der Waals surface area contributed by atoms with Crippen LogP contribution in [0, 0.1) is 5.92 Å². The number of benzene rings is 4. The smallest absolute Gasteiger partial charge is 0.432 e. The predicted octanol–water partition coefficient (Wildman–Crippen LogP) is 7.45. The Balaban J connectivity index is 1.01. The number of hydrogen-bond acceptors (Lipinski definition) is 12. The van der Waals surface area contributed by atoms with E-state index < -0.39 is 24.2 Å². The number of rotatable bonds is 14. The predicted molar refractivity (Wildman–Crippen MR) is 160 cm³/mol. The summed E-state index contributed by atoms with van der Waals surface area (Å²) in [5.41, 5.74) is 4.17. The zero-order chi connectivity index (χ0) is 32.6. The summed E-state index contributed by atoms with van der Waals surface area (Å²) in [6.07, 6.45) is -1.65. The van der Waals surface area contributed by atoms with E-state index >= 15 is 0 Å². The van der Waals surface area contributed by atoms with Crippen LogP contribution in [-0.2, 0) is 39.1 Å². The zero-order valence-electron chi connectivity index (χ0n) is 24.7. The van der Waals surface area contributed by atoms with Crippen molar-refractivity contribution in [3.05, 3.63) is 120 Å². The van der Waals surface area contributed by atoms with Crippen LogP contribution >= 0.6 is 0 Å². The molecule has 0 amide bonds. The normalized spacial score (nSPS) is 10.5. The van der Waals surface area contributed by atoms with Crippen LogP contribution in [0.3, 0.4) is 0 Å². The van der Waals surface area contributed by atoms with Gasteiger partial charge in [0.05, 0.1) is 34.4 Å². The molecule has 0 aliphatic heterocycles. The summed E-state index contributed by atoms with van der Waals surface area (Å²) in [5.74, 6) is -1.77. The third kappa shape index (κ3) is 10.8. The van der Waals surface area contributed by atoms with Crippen LogP contribution in [0.5, 0.6) is 0 Å². The molecule has 0 heterocycles. The summed E-state index contributed by atoms with van der Waals surface area (Å²) < 4.78 is 9.71. The van der Waals surface area contributed by atoms with Crippen molar-refractivity contribution in [3.63, 3.8) is 0 Å². The van der Waals surface area contributed by atoms with Gasteiger partial charge in [0.2, 0.25) is 0 Å². The molecule has 238 valence electrons. The highest BCUT2D eigenvalue weighted by Gasteiger charge is 2.15. The third-order valence-corrected chi connectivity index (χ3v) is 6.54. The molecule has 0 aliphatic rings. The highest BCUT2D eigenvalue weighted by molar-refractivity contribution is 5.90. The highest BCUT2D eigenvalue weighted by Crippen LogP contribution is 2.21. The van der Waals surface area contributed by atoms with Crippen LogP contribution in [0.4, 0.5) is 9.59 Å². The Morgan fingerprint density at radius 1 is 0.478 bits per heavy atom. The molecular weight excluding hydrogens is 600 g/mol. The quantitative estimate of drug-likeness (QED) is 0.0775. The van der Waals surface area contributed by atoms with Crippen molar-refractivity contribution < 1.29 is 58.3 Å². The van der Waals surface area contributed by atoms with E-state index in [1.54, 1.807) is 48.5 Å². The number of carbonyl (C=O) groups excluding carboxylic acids is 4. The Hall–Kier alpha value is -5.72. The minimum atomic E-state index is -1.21. The first kappa shape index (κ1) is 33.2. The highest BCUT2D eigenvalue weighted by atomic mass is 17.5. The summed E-state index contributed by atoms with van der Waals surface area (Å²) in [4.78, 5) is 65.0. The summed E-state index contributed by atoms with van der Waals surface area (Å²) in [6, 6.07) is 32.4. The monoisotopic (exact) mass is 630 g/mol. The molecule has 46 heavy (non-hydrogen) atoms. The van der Waals surface area contributed by atoms with Crippen molar-refractivity contribution in [2.75, 3.05) is 13.2 Å². The molecule has 0 atom stereocenters. The van der Waals surface area contributed by atoms with Gasteiger partial charge in [-0.3, -0.25) is 9.78 Å². The van der Waals surface area contributed by atoms with Crippen molar-refractivity contribution in [2.24, 2.45) is 5.92 Å². The molecule has 4 rings (SSSR count).